The second kappa shape index (κ2) is 4.38. The molecular formula is C9H12N4O. The highest BCUT2D eigenvalue weighted by atomic mass is 16.1. The molecule has 5 heteroatoms. The third kappa shape index (κ3) is 2.08. The van der Waals surface area contributed by atoms with Gasteiger partial charge < -0.3 is 5.84 Å². The van der Waals surface area contributed by atoms with Crippen molar-refractivity contribution in [2.24, 2.45) is 16.8 Å². The average Bonchev–Trinajstić information content (AvgIpc) is 2.19. The summed E-state index contributed by atoms with van der Waals surface area (Å²) >= 11 is 0. The van der Waals surface area contributed by atoms with Gasteiger partial charge in [-0.15, -0.1) is 0 Å². The van der Waals surface area contributed by atoms with E-state index in [1.165, 1.54) is 7.05 Å². The number of benzene rings is 1. The minimum atomic E-state index is -0.293. The standard InChI is InChI=1S/C9H12N4O/c1-13(11)9(12-10)8(14)7-5-3-2-4-6-7/h2-6H,10-11H2,1H3/b12-9-. The first-order valence-electron chi connectivity index (χ1n) is 4.03. The fraction of sp³-hybridized carbons (Fsp3) is 0.111. The van der Waals surface area contributed by atoms with E-state index in [9.17, 15) is 4.79 Å². The Hall–Kier alpha value is -1.88. The van der Waals surface area contributed by atoms with E-state index in [-0.39, 0.29) is 11.6 Å². The molecular weight excluding hydrogens is 180 g/mol. The zero-order valence-electron chi connectivity index (χ0n) is 7.84. The Morgan fingerprint density at radius 3 is 2.36 bits per heavy atom. The van der Waals surface area contributed by atoms with Crippen LogP contribution in [0.15, 0.2) is 35.4 Å². The van der Waals surface area contributed by atoms with Gasteiger partial charge in [0.2, 0.25) is 11.6 Å². The zero-order valence-corrected chi connectivity index (χ0v) is 7.84. The number of nitrogens with two attached hydrogens (primary N) is 2. The van der Waals surface area contributed by atoms with E-state index in [2.05, 4.69) is 5.10 Å². The van der Waals surface area contributed by atoms with Crippen LogP contribution < -0.4 is 11.7 Å². The first kappa shape index (κ1) is 10.2. The number of ketones is 1. The third-order valence-corrected chi connectivity index (χ3v) is 1.70. The Labute approximate surface area is 82.0 Å². The first-order valence-corrected chi connectivity index (χ1v) is 4.03. The van der Waals surface area contributed by atoms with Gasteiger partial charge in [-0.05, 0) is 0 Å². The van der Waals surface area contributed by atoms with Crippen LogP contribution in [0.25, 0.3) is 0 Å². The molecule has 0 unspecified atom stereocenters. The number of rotatable bonds is 2. The predicted molar refractivity (Wildman–Crippen MR) is 54.3 cm³/mol. The summed E-state index contributed by atoms with van der Waals surface area (Å²) in [5.74, 6) is 10.2. The molecule has 74 valence electrons. The Balaban J connectivity index is 2.96. The first-order chi connectivity index (χ1) is 6.66. The van der Waals surface area contributed by atoms with Gasteiger partial charge in [0.15, 0.2) is 0 Å². The van der Waals surface area contributed by atoms with Gasteiger partial charge in [-0.2, -0.15) is 5.10 Å². The summed E-state index contributed by atoms with van der Waals surface area (Å²) in [5.41, 5.74) is 0.508. The molecule has 0 aliphatic rings. The molecule has 0 aliphatic carbocycles. The molecule has 0 amide bonds. The van der Waals surface area contributed by atoms with Crippen LogP contribution in [0.5, 0.6) is 0 Å². The van der Waals surface area contributed by atoms with Crippen LogP contribution in [0, 0.1) is 0 Å². The molecule has 14 heavy (non-hydrogen) atoms. The maximum atomic E-state index is 11.7. The Bertz CT molecular complexity index is 345. The van der Waals surface area contributed by atoms with Crippen molar-refractivity contribution < 1.29 is 4.79 Å². The van der Waals surface area contributed by atoms with Crippen molar-refractivity contribution >= 4 is 11.6 Å². The Morgan fingerprint density at radius 1 is 1.36 bits per heavy atom. The predicted octanol–water partition coefficient (Wildman–Crippen LogP) is -0.0530. The molecule has 0 aliphatic heterocycles. The van der Waals surface area contributed by atoms with Crippen molar-refractivity contribution in [1.82, 2.24) is 5.01 Å². The number of hydrogen-bond donors (Lipinski definition) is 2. The largest absolute Gasteiger partial charge is 0.321 e. The summed E-state index contributed by atoms with van der Waals surface area (Å²) < 4.78 is 0. The van der Waals surface area contributed by atoms with E-state index in [1.54, 1.807) is 24.3 Å². The lowest BCUT2D eigenvalue weighted by Crippen LogP contribution is -2.39. The fourth-order valence-electron chi connectivity index (χ4n) is 1.03. The maximum absolute atomic E-state index is 11.7. The normalized spacial score (nSPS) is 11.1. The van der Waals surface area contributed by atoms with E-state index < -0.39 is 0 Å². The minimum absolute atomic E-state index is 0.0243. The molecule has 0 saturated heterocycles. The molecule has 1 aromatic carbocycles. The van der Waals surface area contributed by atoms with Gasteiger partial charge in [0.1, 0.15) is 0 Å². The zero-order chi connectivity index (χ0) is 10.6. The second-order valence-electron chi connectivity index (χ2n) is 2.76. The number of hydrogen-bond acceptors (Lipinski definition) is 4. The van der Waals surface area contributed by atoms with Crippen LogP contribution in [0.2, 0.25) is 0 Å². The smallest absolute Gasteiger partial charge is 0.231 e. The van der Waals surface area contributed by atoms with E-state index in [0.29, 0.717) is 5.56 Å². The number of carbonyl (C=O) groups is 1. The van der Waals surface area contributed by atoms with Gasteiger partial charge in [-0.1, -0.05) is 30.3 Å². The quantitative estimate of drug-likeness (QED) is 0.226. The molecule has 1 aromatic rings. The van der Waals surface area contributed by atoms with E-state index in [4.69, 9.17) is 11.7 Å². The van der Waals surface area contributed by atoms with Gasteiger partial charge in [-0.3, -0.25) is 9.80 Å². The van der Waals surface area contributed by atoms with Crippen LogP contribution in [0.4, 0.5) is 0 Å². The summed E-state index contributed by atoms with van der Waals surface area (Å²) in [6, 6.07) is 8.70. The monoisotopic (exact) mass is 192 g/mol. The number of carbonyl (C=O) groups excluding carboxylic acids is 1. The van der Waals surface area contributed by atoms with Gasteiger partial charge >= 0.3 is 0 Å². The molecule has 0 spiro atoms. The Morgan fingerprint density at radius 2 is 1.93 bits per heavy atom. The summed E-state index contributed by atoms with van der Waals surface area (Å²) in [5, 5.41) is 4.42. The van der Waals surface area contributed by atoms with Gasteiger partial charge in [0, 0.05) is 12.6 Å². The topological polar surface area (TPSA) is 84.7 Å². The molecule has 0 radical (unpaired) electrons. The van der Waals surface area contributed by atoms with Crippen molar-refractivity contribution in [3.8, 4) is 0 Å². The lowest BCUT2D eigenvalue weighted by Gasteiger charge is -2.12. The van der Waals surface area contributed by atoms with Gasteiger partial charge in [0.25, 0.3) is 0 Å². The number of amidine groups is 1. The van der Waals surface area contributed by atoms with Crippen molar-refractivity contribution in [2.75, 3.05) is 7.05 Å². The number of hydrazine groups is 1. The molecule has 0 saturated carbocycles. The number of likely N-dealkylation sites (N-methyl/N-ethyl adjacent to an activating group) is 1. The molecule has 0 heterocycles. The Kier molecular flexibility index (Phi) is 3.19. The maximum Gasteiger partial charge on any atom is 0.231 e. The van der Waals surface area contributed by atoms with Crippen LogP contribution in [0.1, 0.15) is 10.4 Å². The summed E-state index contributed by atoms with van der Waals surface area (Å²) in [6.45, 7) is 0. The van der Waals surface area contributed by atoms with Gasteiger partial charge in [0.05, 0.1) is 0 Å². The highest BCUT2D eigenvalue weighted by molar-refractivity contribution is 6.44. The number of hydrazone groups is 1. The molecule has 0 bridgehead atoms. The number of nitrogens with zero attached hydrogens (tertiary/aromatic N) is 2. The van der Waals surface area contributed by atoms with Crippen LogP contribution in [0.3, 0.4) is 0 Å². The van der Waals surface area contributed by atoms with Gasteiger partial charge in [-0.25, -0.2) is 5.84 Å². The van der Waals surface area contributed by atoms with Crippen LogP contribution in [-0.4, -0.2) is 23.7 Å². The van der Waals surface area contributed by atoms with Crippen molar-refractivity contribution in [2.45, 2.75) is 0 Å². The highest BCUT2D eigenvalue weighted by Crippen LogP contribution is 2.01. The molecule has 0 atom stereocenters. The summed E-state index contributed by atoms with van der Waals surface area (Å²) in [6.07, 6.45) is 0. The summed E-state index contributed by atoms with van der Waals surface area (Å²) in [7, 11) is 1.51. The van der Waals surface area contributed by atoms with E-state index in [1.807, 2.05) is 6.07 Å². The molecule has 4 N–H and O–H groups in total. The average molecular weight is 192 g/mol. The van der Waals surface area contributed by atoms with Crippen molar-refractivity contribution in [3.63, 3.8) is 0 Å². The lowest BCUT2D eigenvalue weighted by atomic mass is 10.1. The lowest BCUT2D eigenvalue weighted by molar-refractivity contribution is 0.105. The SMILES string of the molecule is CN(N)/C(=N\N)C(=O)c1ccccc1. The third-order valence-electron chi connectivity index (χ3n) is 1.70. The van der Waals surface area contributed by atoms with Crippen LogP contribution >= 0.6 is 0 Å². The van der Waals surface area contributed by atoms with Crippen LogP contribution in [-0.2, 0) is 0 Å². The fourth-order valence-corrected chi connectivity index (χ4v) is 1.03. The highest BCUT2D eigenvalue weighted by Gasteiger charge is 2.15. The second-order valence-corrected chi connectivity index (χ2v) is 2.76. The van der Waals surface area contributed by atoms with Crippen molar-refractivity contribution in [1.29, 1.82) is 0 Å². The molecule has 0 aromatic heterocycles. The number of Topliss-reactive ketones (excluding diaryl/α,β-unsaturated/α-hetero) is 1. The van der Waals surface area contributed by atoms with Crippen molar-refractivity contribution in [3.05, 3.63) is 35.9 Å². The molecule has 1 rings (SSSR count). The summed E-state index contributed by atoms with van der Waals surface area (Å²) in [4.78, 5) is 11.7. The minimum Gasteiger partial charge on any atom is -0.321 e. The van der Waals surface area contributed by atoms with E-state index in [0.717, 1.165) is 5.01 Å². The molecule has 5 nitrogen and oxygen atoms in total. The van der Waals surface area contributed by atoms with E-state index >= 15 is 0 Å². The molecule has 0 fully saturated rings.